The van der Waals surface area contributed by atoms with E-state index >= 15 is 0 Å². The first-order valence-electron chi connectivity index (χ1n) is 8.81. The predicted molar refractivity (Wildman–Crippen MR) is 114 cm³/mol. The monoisotopic (exact) mass is 495 g/mol. The Balaban J connectivity index is 0.00000243. The first-order valence-corrected chi connectivity index (χ1v) is 9.19. The summed E-state index contributed by atoms with van der Waals surface area (Å²) in [6.45, 7) is 7.33. The van der Waals surface area contributed by atoms with Crippen molar-refractivity contribution in [2.45, 2.75) is 19.9 Å². The zero-order valence-electron chi connectivity index (χ0n) is 15.3. The van der Waals surface area contributed by atoms with Gasteiger partial charge in [-0.25, -0.2) is 4.99 Å². The molecule has 0 spiro atoms. The number of hydrogen-bond donors (Lipinski definition) is 1. The Bertz CT molecular complexity index is 630. The highest BCUT2D eigenvalue weighted by molar-refractivity contribution is 14.0. The molecular weight excluding hydrogens is 469 g/mol. The smallest absolute Gasteiger partial charge is 0.194 e. The van der Waals surface area contributed by atoms with Crippen LogP contribution in [-0.4, -0.2) is 57.4 Å². The summed E-state index contributed by atoms with van der Waals surface area (Å²) in [7, 11) is 1.76. The van der Waals surface area contributed by atoms with Gasteiger partial charge in [0.05, 0.1) is 18.2 Å². The number of halogens is 2. The fraction of sp³-hybridized carbons (Fsp3) is 0.611. The summed E-state index contributed by atoms with van der Waals surface area (Å²) in [5.74, 6) is 2.84. The second kappa shape index (κ2) is 10.4. The summed E-state index contributed by atoms with van der Waals surface area (Å²) in [4.78, 5) is 7.08. The second-order valence-corrected chi connectivity index (χ2v) is 6.74. The number of benzene rings is 1. The van der Waals surface area contributed by atoms with E-state index in [-0.39, 0.29) is 24.0 Å². The van der Waals surface area contributed by atoms with Crippen LogP contribution in [-0.2, 0) is 11.3 Å². The topological polar surface area (TPSA) is 55.3 Å². The van der Waals surface area contributed by atoms with E-state index in [0.29, 0.717) is 42.2 Å². The summed E-state index contributed by atoms with van der Waals surface area (Å²) in [5, 5.41) is 3.96. The Morgan fingerprint density at radius 1 is 1.38 bits per heavy atom. The number of hydrogen-bond acceptors (Lipinski definition) is 4. The molecule has 26 heavy (non-hydrogen) atoms. The Morgan fingerprint density at radius 3 is 2.96 bits per heavy atom. The molecule has 2 aliphatic rings. The minimum absolute atomic E-state index is 0. The number of ether oxygens (including phenoxy) is 3. The van der Waals surface area contributed by atoms with Crippen molar-refractivity contribution >= 4 is 41.5 Å². The van der Waals surface area contributed by atoms with Gasteiger partial charge in [-0.15, -0.1) is 24.0 Å². The lowest BCUT2D eigenvalue weighted by Crippen LogP contribution is -2.40. The van der Waals surface area contributed by atoms with Gasteiger partial charge in [-0.2, -0.15) is 0 Å². The van der Waals surface area contributed by atoms with Crippen LogP contribution in [0.4, 0.5) is 0 Å². The molecule has 0 bridgehead atoms. The zero-order valence-corrected chi connectivity index (χ0v) is 18.4. The van der Waals surface area contributed by atoms with Gasteiger partial charge >= 0.3 is 0 Å². The molecule has 146 valence electrons. The predicted octanol–water partition coefficient (Wildman–Crippen LogP) is 3.16. The van der Waals surface area contributed by atoms with E-state index in [1.165, 1.54) is 0 Å². The van der Waals surface area contributed by atoms with Gasteiger partial charge in [0.15, 0.2) is 17.5 Å². The van der Waals surface area contributed by atoms with Crippen molar-refractivity contribution in [3.05, 3.63) is 22.7 Å². The van der Waals surface area contributed by atoms with E-state index in [4.69, 9.17) is 30.8 Å². The molecule has 8 heteroatoms. The maximum absolute atomic E-state index is 6.31. The van der Waals surface area contributed by atoms with Crippen LogP contribution in [0.15, 0.2) is 17.1 Å². The lowest BCUT2D eigenvalue weighted by atomic mass is 10.1. The number of guanidine groups is 1. The fourth-order valence-corrected chi connectivity index (χ4v) is 3.53. The zero-order chi connectivity index (χ0) is 17.6. The van der Waals surface area contributed by atoms with E-state index in [9.17, 15) is 0 Å². The standard InChI is InChI=1S/C18H26ClN3O3.HI/c1-3-20-18(22-5-4-13(11-22)12-23-2)21-10-14-8-15(19)17-16(9-14)24-6-7-25-17;/h8-9,13H,3-7,10-12H2,1-2H3,(H,20,21);1H. The summed E-state index contributed by atoms with van der Waals surface area (Å²) in [6, 6.07) is 3.87. The van der Waals surface area contributed by atoms with Gasteiger partial charge < -0.3 is 24.4 Å². The molecule has 6 nitrogen and oxygen atoms in total. The molecule has 0 amide bonds. The lowest BCUT2D eigenvalue weighted by Gasteiger charge is -2.22. The fourth-order valence-electron chi connectivity index (χ4n) is 3.24. The van der Waals surface area contributed by atoms with E-state index in [1.54, 1.807) is 7.11 Å². The van der Waals surface area contributed by atoms with Gasteiger partial charge in [-0.05, 0) is 31.0 Å². The number of nitrogens with zero attached hydrogens (tertiary/aromatic N) is 2. The maximum Gasteiger partial charge on any atom is 0.194 e. The van der Waals surface area contributed by atoms with Crippen LogP contribution in [0.25, 0.3) is 0 Å². The third-order valence-corrected chi connectivity index (χ3v) is 4.67. The van der Waals surface area contributed by atoms with Gasteiger partial charge in [-0.1, -0.05) is 11.6 Å². The number of methoxy groups -OCH3 is 1. The van der Waals surface area contributed by atoms with Crippen LogP contribution in [0.3, 0.4) is 0 Å². The average Bonchev–Trinajstić information content (AvgIpc) is 3.07. The summed E-state index contributed by atoms with van der Waals surface area (Å²) < 4.78 is 16.5. The van der Waals surface area contributed by atoms with Crippen LogP contribution in [0.2, 0.25) is 5.02 Å². The number of aliphatic imine (C=N–C) groups is 1. The minimum Gasteiger partial charge on any atom is -0.486 e. The van der Waals surface area contributed by atoms with Crippen LogP contribution >= 0.6 is 35.6 Å². The Morgan fingerprint density at radius 2 is 2.19 bits per heavy atom. The van der Waals surface area contributed by atoms with Crippen LogP contribution < -0.4 is 14.8 Å². The first-order chi connectivity index (χ1) is 12.2. The summed E-state index contributed by atoms with van der Waals surface area (Å²) in [5.41, 5.74) is 1.01. The van der Waals surface area contributed by atoms with Gasteiger partial charge in [-0.3, -0.25) is 0 Å². The lowest BCUT2D eigenvalue weighted by molar-refractivity contribution is 0.157. The summed E-state index contributed by atoms with van der Waals surface area (Å²) in [6.07, 6.45) is 1.13. The van der Waals surface area contributed by atoms with Crippen LogP contribution in [0.1, 0.15) is 18.9 Å². The van der Waals surface area contributed by atoms with E-state index < -0.39 is 0 Å². The van der Waals surface area contributed by atoms with Gasteiger partial charge in [0.1, 0.15) is 13.2 Å². The molecule has 1 aromatic rings. The third-order valence-electron chi connectivity index (χ3n) is 4.39. The Labute approximate surface area is 177 Å². The molecule has 1 aromatic carbocycles. The molecule has 1 N–H and O–H groups in total. The normalized spacial score (nSPS) is 19.3. The molecule has 2 aliphatic heterocycles. The molecular formula is C18H27ClIN3O3. The molecule has 0 radical (unpaired) electrons. The quantitative estimate of drug-likeness (QED) is 0.386. The number of likely N-dealkylation sites (tertiary alicyclic amines) is 1. The number of fused-ring (bicyclic) bond motifs is 1. The van der Waals surface area contributed by atoms with Crippen molar-refractivity contribution in [2.75, 3.05) is 46.6 Å². The number of nitrogens with one attached hydrogen (secondary N) is 1. The molecule has 2 heterocycles. The third kappa shape index (κ3) is 5.29. The first kappa shape index (κ1) is 21.4. The van der Waals surface area contributed by atoms with Crippen LogP contribution in [0.5, 0.6) is 11.5 Å². The van der Waals surface area contributed by atoms with Crippen LogP contribution in [0, 0.1) is 5.92 Å². The minimum atomic E-state index is 0. The summed E-state index contributed by atoms with van der Waals surface area (Å²) >= 11 is 6.31. The molecule has 0 aromatic heterocycles. The van der Waals surface area contributed by atoms with E-state index in [0.717, 1.165) is 44.2 Å². The van der Waals surface area contributed by atoms with E-state index in [2.05, 4.69) is 17.1 Å². The van der Waals surface area contributed by atoms with Gasteiger partial charge in [0.25, 0.3) is 0 Å². The largest absolute Gasteiger partial charge is 0.486 e. The van der Waals surface area contributed by atoms with Crippen molar-refractivity contribution in [3.8, 4) is 11.5 Å². The maximum atomic E-state index is 6.31. The molecule has 1 fully saturated rings. The van der Waals surface area contributed by atoms with Gasteiger partial charge in [0.2, 0.25) is 0 Å². The molecule has 1 saturated heterocycles. The average molecular weight is 496 g/mol. The second-order valence-electron chi connectivity index (χ2n) is 6.33. The highest BCUT2D eigenvalue weighted by Gasteiger charge is 2.24. The van der Waals surface area contributed by atoms with Crippen molar-refractivity contribution in [2.24, 2.45) is 10.9 Å². The molecule has 1 unspecified atom stereocenters. The highest BCUT2D eigenvalue weighted by atomic mass is 127. The highest BCUT2D eigenvalue weighted by Crippen LogP contribution is 2.38. The SMILES string of the molecule is CCNC(=NCc1cc(Cl)c2c(c1)OCCO2)N1CCC(COC)C1.I. The molecule has 0 saturated carbocycles. The van der Waals surface area contributed by atoms with E-state index in [1.807, 2.05) is 12.1 Å². The van der Waals surface area contributed by atoms with Crippen molar-refractivity contribution < 1.29 is 14.2 Å². The Kier molecular flexibility index (Phi) is 8.56. The molecule has 0 aliphatic carbocycles. The molecule has 1 atom stereocenters. The number of rotatable bonds is 5. The van der Waals surface area contributed by atoms with Crippen molar-refractivity contribution in [1.82, 2.24) is 10.2 Å². The van der Waals surface area contributed by atoms with Crippen molar-refractivity contribution in [3.63, 3.8) is 0 Å². The van der Waals surface area contributed by atoms with Crippen molar-refractivity contribution in [1.29, 1.82) is 0 Å². The Hall–Kier alpha value is -0.930. The van der Waals surface area contributed by atoms with Gasteiger partial charge in [0, 0.05) is 32.7 Å². The molecule has 3 rings (SSSR count).